The average Bonchev–Trinajstić information content (AvgIpc) is 2.77. The highest BCUT2D eigenvalue weighted by molar-refractivity contribution is 9.10. The van der Waals surface area contributed by atoms with Gasteiger partial charge in [0.2, 0.25) is 5.91 Å². The van der Waals surface area contributed by atoms with Gasteiger partial charge < -0.3 is 4.74 Å². The van der Waals surface area contributed by atoms with Crippen molar-refractivity contribution in [3.8, 4) is 5.75 Å². The summed E-state index contributed by atoms with van der Waals surface area (Å²) in [5.41, 5.74) is 0.199. The summed E-state index contributed by atoms with van der Waals surface area (Å²) in [4.78, 5) is 25.3. The number of fused-ring (bicyclic) bond motifs is 1. The minimum atomic E-state index is -4.17. The Labute approximate surface area is 196 Å². The molecule has 0 aliphatic rings. The van der Waals surface area contributed by atoms with Crippen LogP contribution in [0, 0.1) is 0 Å². The lowest BCUT2D eigenvalue weighted by molar-refractivity contribution is -0.134. The topological polar surface area (TPSA) is 80.8 Å². The Morgan fingerprint density at radius 2 is 1.50 bits per heavy atom. The normalized spacial score (nSPS) is 11.3. The van der Waals surface area contributed by atoms with Crippen LogP contribution >= 0.6 is 15.9 Å². The highest BCUT2D eigenvalue weighted by Gasteiger charge is 2.32. The van der Waals surface area contributed by atoms with Crippen molar-refractivity contribution in [2.75, 3.05) is 4.31 Å². The van der Waals surface area contributed by atoms with Crippen LogP contribution in [0.5, 0.6) is 5.75 Å². The highest BCUT2D eigenvalue weighted by Crippen LogP contribution is 2.42. The van der Waals surface area contributed by atoms with Crippen molar-refractivity contribution in [1.29, 1.82) is 0 Å². The smallest absolute Gasteiger partial charge is 0.311 e. The first-order chi connectivity index (χ1) is 15.3. The number of esters is 1. The number of nitrogens with zero attached hydrogens (tertiary/aromatic N) is 1. The maximum atomic E-state index is 13.6. The number of rotatable bonds is 8. The summed E-state index contributed by atoms with van der Waals surface area (Å²) in [5, 5.41) is 1.01. The highest BCUT2D eigenvalue weighted by atomic mass is 79.9. The Bertz CT molecular complexity index is 1240. The van der Waals surface area contributed by atoms with Crippen LogP contribution in [0.1, 0.15) is 39.5 Å². The van der Waals surface area contributed by atoms with Crippen molar-refractivity contribution in [3.05, 3.63) is 65.1 Å². The van der Waals surface area contributed by atoms with E-state index in [1.165, 1.54) is 18.2 Å². The summed E-state index contributed by atoms with van der Waals surface area (Å²) in [6, 6.07) is 16.3. The van der Waals surface area contributed by atoms with Crippen LogP contribution in [-0.4, -0.2) is 20.3 Å². The Morgan fingerprint density at radius 1 is 0.906 bits per heavy atom. The molecule has 0 saturated carbocycles. The fourth-order valence-corrected chi connectivity index (χ4v) is 5.34. The van der Waals surface area contributed by atoms with E-state index in [0.29, 0.717) is 33.8 Å². The number of halogens is 1. The molecule has 0 aliphatic carbocycles. The first-order valence-corrected chi connectivity index (χ1v) is 12.6. The van der Waals surface area contributed by atoms with Gasteiger partial charge in [-0.05, 0) is 47.0 Å². The van der Waals surface area contributed by atoms with Gasteiger partial charge in [-0.3, -0.25) is 9.59 Å². The molecule has 3 aromatic carbocycles. The van der Waals surface area contributed by atoms with Gasteiger partial charge >= 0.3 is 5.97 Å². The summed E-state index contributed by atoms with van der Waals surface area (Å²) < 4.78 is 33.9. The molecule has 3 rings (SSSR count). The zero-order valence-electron chi connectivity index (χ0n) is 17.9. The summed E-state index contributed by atoms with van der Waals surface area (Å²) in [5.74, 6) is -0.631. The van der Waals surface area contributed by atoms with Gasteiger partial charge in [-0.1, -0.05) is 56.3 Å². The van der Waals surface area contributed by atoms with Crippen LogP contribution < -0.4 is 9.04 Å². The van der Waals surface area contributed by atoms with E-state index >= 15 is 0 Å². The minimum Gasteiger partial charge on any atom is -0.425 e. The minimum absolute atomic E-state index is 0.0168. The van der Waals surface area contributed by atoms with E-state index in [1.54, 1.807) is 42.5 Å². The predicted molar refractivity (Wildman–Crippen MR) is 128 cm³/mol. The Morgan fingerprint density at radius 3 is 2.12 bits per heavy atom. The molecule has 0 radical (unpaired) electrons. The van der Waals surface area contributed by atoms with Gasteiger partial charge in [-0.25, -0.2) is 12.7 Å². The molecule has 0 atom stereocenters. The standard InChI is InChI=1S/C24H24BrNO5S/c1-3-10-22(27)26(32(29,30)17-12-6-5-7-13-17)21-16-20(25)24(31-23(28)11-4-2)19-15-9-8-14-18(19)21/h5-9,12-16H,3-4,10-11H2,1-2H3. The number of hydrogen-bond acceptors (Lipinski definition) is 5. The van der Waals surface area contributed by atoms with Gasteiger partial charge in [0.05, 0.1) is 15.1 Å². The van der Waals surface area contributed by atoms with Crippen LogP contribution in [0.15, 0.2) is 70.0 Å². The van der Waals surface area contributed by atoms with Gasteiger partial charge in [0.1, 0.15) is 0 Å². The number of benzene rings is 3. The van der Waals surface area contributed by atoms with Crippen molar-refractivity contribution >= 4 is 54.3 Å². The van der Waals surface area contributed by atoms with E-state index in [1.807, 2.05) is 13.8 Å². The lowest BCUT2D eigenvalue weighted by atomic mass is 10.1. The number of carbonyl (C=O) groups excluding carboxylic acids is 2. The fraction of sp³-hybridized carbons (Fsp3) is 0.250. The second-order valence-corrected chi connectivity index (χ2v) is 9.84. The van der Waals surface area contributed by atoms with Crippen molar-refractivity contribution in [2.24, 2.45) is 0 Å². The SMILES string of the molecule is CCCC(=O)Oc1c(Br)cc(N(C(=O)CCC)S(=O)(=O)c2ccccc2)c2ccccc12. The van der Waals surface area contributed by atoms with Gasteiger partial charge in [0.25, 0.3) is 10.0 Å². The third kappa shape index (κ3) is 4.86. The van der Waals surface area contributed by atoms with Crippen LogP contribution in [-0.2, 0) is 19.6 Å². The zero-order valence-corrected chi connectivity index (χ0v) is 20.3. The molecule has 8 heteroatoms. The molecule has 0 bridgehead atoms. The molecule has 0 aliphatic heterocycles. The fourth-order valence-electron chi connectivity index (χ4n) is 3.35. The maximum Gasteiger partial charge on any atom is 0.311 e. The second-order valence-electron chi connectivity index (χ2n) is 7.20. The molecular weight excluding hydrogens is 494 g/mol. The zero-order chi connectivity index (χ0) is 23.3. The van der Waals surface area contributed by atoms with E-state index < -0.39 is 15.9 Å². The van der Waals surface area contributed by atoms with E-state index in [4.69, 9.17) is 4.74 Å². The van der Waals surface area contributed by atoms with Gasteiger partial charge in [-0.2, -0.15) is 0 Å². The van der Waals surface area contributed by atoms with E-state index in [9.17, 15) is 18.0 Å². The van der Waals surface area contributed by atoms with Gasteiger partial charge in [0.15, 0.2) is 5.75 Å². The van der Waals surface area contributed by atoms with Crippen molar-refractivity contribution < 1.29 is 22.7 Å². The second kappa shape index (κ2) is 10.3. The lowest BCUT2D eigenvalue weighted by Gasteiger charge is -2.25. The largest absolute Gasteiger partial charge is 0.425 e. The van der Waals surface area contributed by atoms with Crippen molar-refractivity contribution in [2.45, 2.75) is 44.4 Å². The molecule has 168 valence electrons. The summed E-state index contributed by atoms with van der Waals surface area (Å²) in [6.45, 7) is 3.69. The molecular formula is C24H24BrNO5S. The monoisotopic (exact) mass is 517 g/mol. The van der Waals surface area contributed by atoms with Crippen LogP contribution in [0.3, 0.4) is 0 Å². The van der Waals surface area contributed by atoms with Gasteiger partial charge in [0, 0.05) is 23.6 Å². The molecule has 0 heterocycles. The summed E-state index contributed by atoms with van der Waals surface area (Å²) >= 11 is 3.42. The van der Waals surface area contributed by atoms with Crippen molar-refractivity contribution in [3.63, 3.8) is 0 Å². The molecule has 0 unspecified atom stereocenters. The number of sulfonamides is 1. The van der Waals surface area contributed by atoms with E-state index in [0.717, 1.165) is 4.31 Å². The number of carbonyl (C=O) groups is 2. The third-order valence-corrected chi connectivity index (χ3v) is 7.13. The number of hydrogen-bond donors (Lipinski definition) is 0. The summed E-state index contributed by atoms with van der Waals surface area (Å²) in [6.07, 6.45) is 1.45. The molecule has 0 saturated heterocycles. The Hall–Kier alpha value is -2.71. The molecule has 3 aromatic rings. The van der Waals surface area contributed by atoms with Crippen LogP contribution in [0.4, 0.5) is 5.69 Å². The van der Waals surface area contributed by atoms with Crippen LogP contribution in [0.25, 0.3) is 10.8 Å². The molecule has 0 aromatic heterocycles. The van der Waals surface area contributed by atoms with Crippen LogP contribution in [0.2, 0.25) is 0 Å². The van der Waals surface area contributed by atoms with Gasteiger partial charge in [-0.15, -0.1) is 0 Å². The van der Waals surface area contributed by atoms with E-state index in [-0.39, 0.29) is 29.4 Å². The van der Waals surface area contributed by atoms with Crippen molar-refractivity contribution in [1.82, 2.24) is 0 Å². The Balaban J connectivity index is 2.26. The quantitative estimate of drug-likeness (QED) is 0.277. The van der Waals surface area contributed by atoms with E-state index in [2.05, 4.69) is 15.9 Å². The predicted octanol–water partition coefficient (Wildman–Crippen LogP) is 5.83. The molecule has 0 spiro atoms. The summed E-state index contributed by atoms with van der Waals surface area (Å²) in [7, 11) is -4.17. The molecule has 32 heavy (non-hydrogen) atoms. The number of ether oxygens (including phenoxy) is 1. The Kier molecular flexibility index (Phi) is 7.69. The molecule has 0 fully saturated rings. The first kappa shape index (κ1) is 23.9. The number of amides is 1. The third-order valence-electron chi connectivity index (χ3n) is 4.79. The average molecular weight is 518 g/mol. The molecule has 1 amide bonds. The number of anilines is 1. The molecule has 6 nitrogen and oxygen atoms in total. The first-order valence-electron chi connectivity index (χ1n) is 10.4. The molecule has 0 N–H and O–H groups in total. The lowest BCUT2D eigenvalue weighted by Crippen LogP contribution is -2.37. The maximum absolute atomic E-state index is 13.6.